The maximum absolute atomic E-state index is 13.3. The van der Waals surface area contributed by atoms with Gasteiger partial charge in [-0.3, -0.25) is 9.59 Å². The molecule has 0 radical (unpaired) electrons. The van der Waals surface area contributed by atoms with Crippen molar-refractivity contribution in [1.82, 2.24) is 10.2 Å². The van der Waals surface area contributed by atoms with E-state index in [0.29, 0.717) is 18.0 Å². The van der Waals surface area contributed by atoms with Crippen molar-refractivity contribution < 1.29 is 9.59 Å². The van der Waals surface area contributed by atoms with E-state index < -0.39 is 6.04 Å². The number of hydrogen-bond acceptors (Lipinski definition) is 3. The third-order valence-electron chi connectivity index (χ3n) is 4.57. The lowest BCUT2D eigenvalue weighted by Crippen LogP contribution is -2.53. The zero-order chi connectivity index (χ0) is 22.3. The van der Waals surface area contributed by atoms with Crippen molar-refractivity contribution in [1.29, 1.82) is 0 Å². The molecule has 0 aliphatic heterocycles. The minimum absolute atomic E-state index is 0.0867. The number of hydrogen-bond donors (Lipinski definition) is 1. The van der Waals surface area contributed by atoms with E-state index in [1.807, 2.05) is 77.1 Å². The lowest BCUT2D eigenvalue weighted by Gasteiger charge is -2.33. The molecule has 30 heavy (non-hydrogen) atoms. The molecule has 0 fully saturated rings. The molecular weight excluding hydrogens is 416 g/mol. The largest absolute Gasteiger partial charge is 0.350 e. The first-order valence-electron chi connectivity index (χ1n) is 10.1. The predicted octanol–water partition coefficient (Wildman–Crippen LogP) is 5.46. The van der Waals surface area contributed by atoms with Crippen LogP contribution in [-0.4, -0.2) is 34.0 Å². The van der Waals surface area contributed by atoms with Crippen molar-refractivity contribution in [3.05, 3.63) is 64.7 Å². The highest BCUT2D eigenvalue weighted by atomic mass is 35.5. The van der Waals surface area contributed by atoms with E-state index in [1.165, 1.54) is 17.3 Å². The van der Waals surface area contributed by atoms with Gasteiger partial charge in [-0.1, -0.05) is 54.4 Å². The zero-order valence-corrected chi connectivity index (χ0v) is 19.9. The molecular formula is C24H31ClN2O2S. The number of amides is 2. The second kappa shape index (κ2) is 10.9. The van der Waals surface area contributed by atoms with Gasteiger partial charge in [-0.25, -0.2) is 0 Å². The van der Waals surface area contributed by atoms with E-state index >= 15 is 0 Å². The SMILES string of the molecule is CC[C@H](C(=O)NC(C)(C)C)N(Cc1ccccc1Cl)C(=O)CSc1ccc(C)cc1. The van der Waals surface area contributed by atoms with Crippen LogP contribution >= 0.6 is 23.4 Å². The fourth-order valence-electron chi connectivity index (χ4n) is 3.05. The summed E-state index contributed by atoms with van der Waals surface area (Å²) in [5, 5.41) is 3.60. The molecule has 2 aromatic carbocycles. The van der Waals surface area contributed by atoms with Gasteiger partial charge in [0.2, 0.25) is 11.8 Å². The van der Waals surface area contributed by atoms with Crippen LogP contribution < -0.4 is 5.32 Å². The first-order valence-corrected chi connectivity index (χ1v) is 11.5. The topological polar surface area (TPSA) is 49.4 Å². The van der Waals surface area contributed by atoms with Gasteiger partial charge in [-0.2, -0.15) is 0 Å². The highest BCUT2D eigenvalue weighted by Gasteiger charge is 2.30. The normalized spacial score (nSPS) is 12.3. The zero-order valence-electron chi connectivity index (χ0n) is 18.4. The van der Waals surface area contributed by atoms with Crippen LogP contribution in [0, 0.1) is 6.92 Å². The molecule has 4 nitrogen and oxygen atoms in total. The highest BCUT2D eigenvalue weighted by molar-refractivity contribution is 8.00. The number of carbonyl (C=O) groups is 2. The molecule has 0 spiro atoms. The van der Waals surface area contributed by atoms with Gasteiger partial charge in [-0.15, -0.1) is 11.8 Å². The van der Waals surface area contributed by atoms with Gasteiger partial charge in [0.05, 0.1) is 5.75 Å². The Hall–Kier alpha value is -1.98. The van der Waals surface area contributed by atoms with E-state index in [0.717, 1.165) is 10.5 Å². The van der Waals surface area contributed by atoms with Gasteiger partial charge in [0.1, 0.15) is 6.04 Å². The molecule has 0 heterocycles. The Balaban J connectivity index is 2.24. The van der Waals surface area contributed by atoms with Crippen LogP contribution in [0.15, 0.2) is 53.4 Å². The maximum Gasteiger partial charge on any atom is 0.243 e. The number of benzene rings is 2. The fourth-order valence-corrected chi connectivity index (χ4v) is 4.03. The van der Waals surface area contributed by atoms with Crippen molar-refractivity contribution in [3.63, 3.8) is 0 Å². The summed E-state index contributed by atoms with van der Waals surface area (Å²) < 4.78 is 0. The minimum atomic E-state index is -0.563. The Kier molecular flexibility index (Phi) is 8.80. The third-order valence-corrected chi connectivity index (χ3v) is 5.93. The molecule has 1 atom stereocenters. The number of carbonyl (C=O) groups excluding carboxylic acids is 2. The maximum atomic E-state index is 13.3. The molecule has 0 aliphatic carbocycles. The van der Waals surface area contributed by atoms with E-state index in [-0.39, 0.29) is 23.1 Å². The van der Waals surface area contributed by atoms with Gasteiger partial charge < -0.3 is 10.2 Å². The fraction of sp³-hybridized carbons (Fsp3) is 0.417. The van der Waals surface area contributed by atoms with Crippen molar-refractivity contribution in [2.75, 3.05) is 5.75 Å². The smallest absolute Gasteiger partial charge is 0.243 e. The molecule has 0 unspecified atom stereocenters. The number of thioether (sulfide) groups is 1. The molecule has 162 valence electrons. The predicted molar refractivity (Wildman–Crippen MR) is 126 cm³/mol. The summed E-state index contributed by atoms with van der Waals surface area (Å²) >= 11 is 7.83. The lowest BCUT2D eigenvalue weighted by molar-refractivity contribution is -0.140. The lowest BCUT2D eigenvalue weighted by atomic mass is 10.1. The van der Waals surface area contributed by atoms with E-state index in [1.54, 1.807) is 11.0 Å². The second-order valence-electron chi connectivity index (χ2n) is 8.38. The monoisotopic (exact) mass is 446 g/mol. The molecule has 0 aliphatic rings. The van der Waals surface area contributed by atoms with E-state index in [9.17, 15) is 9.59 Å². The van der Waals surface area contributed by atoms with Crippen molar-refractivity contribution in [2.45, 2.75) is 64.1 Å². The summed E-state index contributed by atoms with van der Waals surface area (Å²) in [6.45, 7) is 10.1. The average Bonchev–Trinajstić information content (AvgIpc) is 2.67. The molecule has 1 N–H and O–H groups in total. The minimum Gasteiger partial charge on any atom is -0.350 e. The summed E-state index contributed by atoms with van der Waals surface area (Å²) in [5.74, 6) is 0.0226. The van der Waals surface area contributed by atoms with Crippen molar-refractivity contribution in [2.24, 2.45) is 0 Å². The Morgan fingerprint density at radius 1 is 1.10 bits per heavy atom. The van der Waals surface area contributed by atoms with E-state index in [4.69, 9.17) is 11.6 Å². The molecule has 0 bridgehead atoms. The van der Waals surface area contributed by atoms with Crippen molar-refractivity contribution >= 4 is 35.2 Å². The number of nitrogens with zero attached hydrogens (tertiary/aromatic N) is 1. The summed E-state index contributed by atoms with van der Waals surface area (Å²) in [6, 6.07) is 15.0. The molecule has 0 aromatic heterocycles. The molecule has 0 saturated heterocycles. The molecule has 2 aromatic rings. The van der Waals surface area contributed by atoms with Crippen LogP contribution in [-0.2, 0) is 16.1 Å². The Morgan fingerprint density at radius 2 is 1.73 bits per heavy atom. The molecule has 2 amide bonds. The average molecular weight is 447 g/mol. The number of aryl methyl sites for hydroxylation is 1. The number of halogens is 1. The number of rotatable bonds is 8. The first-order chi connectivity index (χ1) is 14.1. The summed E-state index contributed by atoms with van der Waals surface area (Å²) in [7, 11) is 0. The third kappa shape index (κ3) is 7.37. The summed E-state index contributed by atoms with van der Waals surface area (Å²) in [5.41, 5.74) is 1.63. The molecule has 2 rings (SSSR count). The standard InChI is InChI=1S/C24H31ClN2O2S/c1-6-21(23(29)26-24(3,4)5)27(15-18-9-7-8-10-20(18)25)22(28)16-30-19-13-11-17(2)12-14-19/h7-14,21H,6,15-16H2,1-5H3,(H,26,29)/t21-/m1/s1. The summed E-state index contributed by atoms with van der Waals surface area (Å²) in [6.07, 6.45) is 0.521. The molecule has 0 saturated carbocycles. The highest BCUT2D eigenvalue weighted by Crippen LogP contribution is 2.23. The van der Waals surface area contributed by atoms with Gasteiger partial charge in [0, 0.05) is 22.0 Å². The van der Waals surface area contributed by atoms with Crippen LogP contribution in [0.5, 0.6) is 0 Å². The van der Waals surface area contributed by atoms with Gasteiger partial charge in [-0.05, 0) is 57.9 Å². The molecule has 6 heteroatoms. The Morgan fingerprint density at radius 3 is 2.30 bits per heavy atom. The number of nitrogens with one attached hydrogen (secondary N) is 1. The Bertz CT molecular complexity index is 862. The van der Waals surface area contributed by atoms with Crippen LogP contribution in [0.4, 0.5) is 0 Å². The first kappa shape index (κ1) is 24.3. The summed E-state index contributed by atoms with van der Waals surface area (Å²) in [4.78, 5) is 28.9. The van der Waals surface area contributed by atoms with Gasteiger partial charge in [0.25, 0.3) is 0 Å². The second-order valence-corrected chi connectivity index (χ2v) is 9.83. The van der Waals surface area contributed by atoms with Crippen LogP contribution in [0.3, 0.4) is 0 Å². The van der Waals surface area contributed by atoms with E-state index in [2.05, 4.69) is 5.32 Å². The van der Waals surface area contributed by atoms with Gasteiger partial charge in [0.15, 0.2) is 0 Å². The van der Waals surface area contributed by atoms with Crippen LogP contribution in [0.25, 0.3) is 0 Å². The van der Waals surface area contributed by atoms with Crippen molar-refractivity contribution in [3.8, 4) is 0 Å². The van der Waals surface area contributed by atoms with Crippen LogP contribution in [0.2, 0.25) is 5.02 Å². The Labute approximate surface area is 189 Å². The van der Waals surface area contributed by atoms with Crippen LogP contribution in [0.1, 0.15) is 45.2 Å². The van der Waals surface area contributed by atoms with Gasteiger partial charge >= 0.3 is 0 Å². The quantitative estimate of drug-likeness (QED) is 0.547.